The minimum atomic E-state index is -4.80. The number of nitrogens with zero attached hydrogens (tertiary/aromatic N) is 3. The summed E-state index contributed by atoms with van der Waals surface area (Å²) < 4.78 is 42.9. The number of amides is 3. The lowest BCUT2D eigenvalue weighted by atomic mass is 9.84. The Bertz CT molecular complexity index is 1770. The average Bonchev–Trinajstić information content (AvgIpc) is 3.40. The van der Waals surface area contributed by atoms with Crippen LogP contribution in [-0.2, 0) is 27.1 Å². The van der Waals surface area contributed by atoms with Crippen molar-refractivity contribution in [2.45, 2.75) is 35.8 Å². The highest BCUT2D eigenvalue weighted by Gasteiger charge is 2.57. The predicted molar refractivity (Wildman–Crippen MR) is 152 cm³/mol. The first-order valence-corrected chi connectivity index (χ1v) is 14.4. The number of benzene rings is 2. The summed E-state index contributed by atoms with van der Waals surface area (Å²) in [7, 11) is 0. The molecule has 0 bridgehead atoms. The Labute approximate surface area is 245 Å². The molecule has 2 aromatic heterocycles. The van der Waals surface area contributed by atoms with Gasteiger partial charge in [-0.1, -0.05) is 59.0 Å². The first-order chi connectivity index (χ1) is 20.0. The summed E-state index contributed by atoms with van der Waals surface area (Å²) in [4.78, 5) is 58.5. The number of hydrogen-bond donors (Lipinski definition) is 1. The molecular weight excluding hydrogens is 589 g/mol. The second kappa shape index (κ2) is 10.6. The molecule has 6 rings (SSSR count). The lowest BCUT2D eigenvalue weighted by molar-refractivity contribution is -0.137. The molecule has 13 heteroatoms. The molecule has 4 heterocycles. The lowest BCUT2D eigenvalue weighted by Crippen LogP contribution is -2.33. The molecule has 0 aliphatic carbocycles. The number of nitrogens with one attached hydrogen (secondary N) is 1. The van der Waals surface area contributed by atoms with Crippen molar-refractivity contribution in [3.63, 3.8) is 0 Å². The summed E-state index contributed by atoms with van der Waals surface area (Å²) in [5, 5.41) is 1.94. The number of fused-ring (bicyclic) bond motifs is 2. The third-order valence-corrected chi connectivity index (χ3v) is 9.78. The van der Waals surface area contributed by atoms with Crippen LogP contribution < -0.4 is 15.1 Å². The molecule has 42 heavy (non-hydrogen) atoms. The van der Waals surface area contributed by atoms with E-state index >= 15 is 0 Å². The average molecular weight is 611 g/mol. The van der Waals surface area contributed by atoms with E-state index in [9.17, 15) is 32.3 Å². The van der Waals surface area contributed by atoms with Gasteiger partial charge in [0.15, 0.2) is 0 Å². The molecule has 3 amide bonds. The SMILES string of the molecule is Cc1ccc(NC(=O)Cn2c3c(sc2=O)[C@@H](c2cccnc2)[C@@H]2C(=O)N(c4ccccc4C(F)(F)F)C(=O)[C@@H]2S3)cc1. The number of halogens is 3. The van der Waals surface area contributed by atoms with Gasteiger partial charge >= 0.3 is 11.0 Å². The molecule has 2 aromatic carbocycles. The fraction of sp³-hybridized carbons (Fsp3) is 0.207. The fourth-order valence-corrected chi connectivity index (χ4v) is 8.07. The van der Waals surface area contributed by atoms with Crippen LogP contribution in [-0.4, -0.2) is 32.5 Å². The van der Waals surface area contributed by atoms with E-state index in [1.807, 2.05) is 19.1 Å². The van der Waals surface area contributed by atoms with E-state index in [2.05, 4.69) is 10.3 Å². The Morgan fingerprint density at radius 2 is 1.74 bits per heavy atom. The third kappa shape index (κ3) is 4.81. The molecule has 0 radical (unpaired) electrons. The topological polar surface area (TPSA) is 101 Å². The normalized spacial score (nSPS) is 19.9. The first kappa shape index (κ1) is 27.9. The summed E-state index contributed by atoms with van der Waals surface area (Å²) in [6, 6.07) is 14.9. The van der Waals surface area contributed by atoms with Gasteiger partial charge in [0.05, 0.1) is 22.2 Å². The Kier molecular flexibility index (Phi) is 7.01. The van der Waals surface area contributed by atoms with E-state index in [0.717, 1.165) is 40.8 Å². The molecule has 2 aliphatic rings. The number of para-hydroxylation sites is 1. The van der Waals surface area contributed by atoms with Crippen LogP contribution in [0.5, 0.6) is 0 Å². The van der Waals surface area contributed by atoms with Gasteiger partial charge in [-0.2, -0.15) is 13.2 Å². The molecule has 0 spiro atoms. The standard InChI is InChI=1S/C29H21F3N4O4S2/c1-15-8-10-17(11-9-15)34-20(37)14-35-27-24(42-28(35)40)21(16-5-4-12-33-13-16)22-23(41-27)26(39)36(25(22)38)19-7-3-2-6-18(19)29(30,31)32/h2-13,21-23H,14H2,1H3,(H,34,37)/t21-,22-,23+/m0/s1. The van der Waals surface area contributed by atoms with Crippen molar-refractivity contribution in [2.24, 2.45) is 5.92 Å². The van der Waals surface area contributed by atoms with E-state index < -0.39 is 57.1 Å². The van der Waals surface area contributed by atoms with Gasteiger partial charge in [-0.25, -0.2) is 4.90 Å². The number of imide groups is 1. The highest BCUT2D eigenvalue weighted by molar-refractivity contribution is 8.00. The van der Waals surface area contributed by atoms with E-state index in [1.54, 1.807) is 24.3 Å². The number of hydrogen-bond acceptors (Lipinski definition) is 7. The summed E-state index contributed by atoms with van der Waals surface area (Å²) in [6.45, 7) is 1.55. The number of thioether (sulfide) groups is 1. The Balaban J connectivity index is 1.41. The zero-order valence-electron chi connectivity index (χ0n) is 21.8. The van der Waals surface area contributed by atoms with Crippen LogP contribution in [0.25, 0.3) is 0 Å². The molecule has 4 aromatic rings. The number of alkyl halides is 3. The number of pyridine rings is 1. The number of aryl methyl sites for hydroxylation is 1. The van der Waals surface area contributed by atoms with Crippen molar-refractivity contribution in [3.05, 3.63) is 104 Å². The quantitative estimate of drug-likeness (QED) is 0.317. The van der Waals surface area contributed by atoms with Crippen LogP contribution in [0.2, 0.25) is 0 Å². The van der Waals surface area contributed by atoms with Gasteiger partial charge in [-0.05, 0) is 42.8 Å². The second-order valence-corrected chi connectivity index (χ2v) is 12.0. The molecular formula is C29H21F3N4O4S2. The number of thiazole rings is 1. The fourth-order valence-electron chi connectivity index (χ4n) is 5.30. The zero-order valence-corrected chi connectivity index (χ0v) is 23.4. The van der Waals surface area contributed by atoms with Crippen molar-refractivity contribution < 1.29 is 27.6 Å². The minimum absolute atomic E-state index is 0.325. The summed E-state index contributed by atoms with van der Waals surface area (Å²) >= 11 is 1.77. The first-order valence-electron chi connectivity index (χ1n) is 12.7. The summed E-state index contributed by atoms with van der Waals surface area (Å²) in [6.07, 6.45) is -1.77. The highest BCUT2D eigenvalue weighted by atomic mass is 32.2. The van der Waals surface area contributed by atoms with Gasteiger partial charge < -0.3 is 5.32 Å². The number of carbonyl (C=O) groups excluding carboxylic acids is 3. The Morgan fingerprint density at radius 1 is 1.00 bits per heavy atom. The maximum atomic E-state index is 13.9. The largest absolute Gasteiger partial charge is 0.418 e. The molecule has 2 aliphatic heterocycles. The Hall–Kier alpha value is -4.23. The second-order valence-electron chi connectivity index (χ2n) is 9.89. The maximum absolute atomic E-state index is 13.9. The van der Waals surface area contributed by atoms with Gasteiger partial charge in [0, 0.05) is 28.9 Å². The molecule has 1 saturated heterocycles. The van der Waals surface area contributed by atoms with E-state index in [4.69, 9.17) is 0 Å². The van der Waals surface area contributed by atoms with Crippen LogP contribution in [0.15, 0.2) is 82.9 Å². The van der Waals surface area contributed by atoms with Crippen molar-refractivity contribution in [1.29, 1.82) is 0 Å². The molecule has 1 fully saturated rings. The molecule has 8 nitrogen and oxygen atoms in total. The smallest absolute Gasteiger partial charge is 0.325 e. The minimum Gasteiger partial charge on any atom is -0.325 e. The van der Waals surface area contributed by atoms with Crippen molar-refractivity contribution in [2.75, 3.05) is 10.2 Å². The van der Waals surface area contributed by atoms with E-state index in [0.29, 0.717) is 26.1 Å². The van der Waals surface area contributed by atoms with Gasteiger partial charge in [0.25, 0.3) is 0 Å². The predicted octanol–water partition coefficient (Wildman–Crippen LogP) is 5.07. The van der Waals surface area contributed by atoms with Gasteiger partial charge in [-0.3, -0.25) is 28.7 Å². The van der Waals surface area contributed by atoms with Crippen molar-refractivity contribution >= 4 is 52.2 Å². The third-order valence-electron chi connectivity index (χ3n) is 7.18. The molecule has 0 saturated carbocycles. The van der Waals surface area contributed by atoms with Crippen LogP contribution in [0, 0.1) is 12.8 Å². The van der Waals surface area contributed by atoms with Crippen molar-refractivity contribution in [3.8, 4) is 0 Å². The number of rotatable bonds is 5. The molecule has 0 unspecified atom stereocenters. The number of carbonyl (C=O) groups is 3. The maximum Gasteiger partial charge on any atom is 0.418 e. The number of anilines is 2. The van der Waals surface area contributed by atoms with E-state index in [1.165, 1.54) is 29.1 Å². The van der Waals surface area contributed by atoms with Gasteiger partial charge in [-0.15, -0.1) is 0 Å². The molecule has 214 valence electrons. The van der Waals surface area contributed by atoms with Crippen molar-refractivity contribution in [1.82, 2.24) is 9.55 Å². The summed E-state index contributed by atoms with van der Waals surface area (Å²) in [5.41, 5.74) is 0.426. The molecule has 1 N–H and O–H groups in total. The molecule has 3 atom stereocenters. The van der Waals surface area contributed by atoms with Gasteiger partial charge in [0.1, 0.15) is 11.8 Å². The van der Waals surface area contributed by atoms with Crippen LogP contribution in [0.1, 0.15) is 27.5 Å². The monoisotopic (exact) mass is 610 g/mol. The number of aromatic nitrogens is 2. The van der Waals surface area contributed by atoms with Crippen LogP contribution in [0.4, 0.5) is 24.5 Å². The van der Waals surface area contributed by atoms with Crippen LogP contribution in [0.3, 0.4) is 0 Å². The van der Waals surface area contributed by atoms with Crippen LogP contribution >= 0.6 is 23.1 Å². The van der Waals surface area contributed by atoms with Gasteiger partial charge in [0.2, 0.25) is 17.7 Å². The zero-order chi connectivity index (χ0) is 29.8. The lowest BCUT2D eigenvalue weighted by Gasteiger charge is -2.30. The summed E-state index contributed by atoms with van der Waals surface area (Å²) in [5.74, 6) is -4.01. The van der Waals surface area contributed by atoms with E-state index in [-0.39, 0.29) is 6.54 Å². The Morgan fingerprint density at radius 3 is 2.43 bits per heavy atom. The highest BCUT2D eigenvalue weighted by Crippen LogP contribution is 2.54.